The summed E-state index contributed by atoms with van der Waals surface area (Å²) in [5.74, 6) is 1.64. The Morgan fingerprint density at radius 3 is 2.78 bits per heavy atom. The van der Waals surface area contributed by atoms with Crippen molar-refractivity contribution in [2.24, 2.45) is 4.99 Å². The first-order valence-electron chi connectivity index (χ1n) is 7.19. The van der Waals surface area contributed by atoms with Crippen molar-refractivity contribution in [2.75, 3.05) is 0 Å². The fourth-order valence-electron chi connectivity index (χ4n) is 2.41. The number of phenols is 1. The van der Waals surface area contributed by atoms with Crippen molar-refractivity contribution in [3.63, 3.8) is 0 Å². The van der Waals surface area contributed by atoms with Crippen molar-refractivity contribution < 1.29 is 9.63 Å². The number of aromatic nitrogens is 2. The van der Waals surface area contributed by atoms with Gasteiger partial charge in [0, 0.05) is 6.42 Å². The Morgan fingerprint density at radius 1 is 1.09 bits per heavy atom. The van der Waals surface area contributed by atoms with Gasteiger partial charge in [-0.3, -0.25) is 0 Å². The Labute approximate surface area is 137 Å². The van der Waals surface area contributed by atoms with Gasteiger partial charge in [-0.1, -0.05) is 35.5 Å². The lowest BCUT2D eigenvalue weighted by Gasteiger charge is -1.97. The molecule has 1 aliphatic rings. The number of phenolic OH excluding ortho intramolecular Hbond substituents is 1. The molecular weight excluding hydrogens is 310 g/mol. The largest absolute Gasteiger partial charge is 0.507 e. The van der Waals surface area contributed by atoms with Crippen LogP contribution in [0.1, 0.15) is 11.4 Å². The first-order chi connectivity index (χ1) is 11.3. The third-order valence-electron chi connectivity index (χ3n) is 3.55. The molecule has 23 heavy (non-hydrogen) atoms. The highest BCUT2D eigenvalue weighted by atomic mass is 32.2. The second-order valence-corrected chi connectivity index (χ2v) is 6.18. The van der Waals surface area contributed by atoms with Gasteiger partial charge in [-0.25, -0.2) is 4.99 Å². The molecule has 1 N–H and O–H groups in total. The summed E-state index contributed by atoms with van der Waals surface area (Å²) in [6.45, 7) is 0. The van der Waals surface area contributed by atoms with E-state index in [0.29, 0.717) is 23.0 Å². The van der Waals surface area contributed by atoms with Gasteiger partial charge in [-0.15, -0.1) is 11.8 Å². The smallest absolute Gasteiger partial charge is 0.261 e. The first-order valence-corrected chi connectivity index (χ1v) is 8.17. The van der Waals surface area contributed by atoms with E-state index < -0.39 is 0 Å². The van der Waals surface area contributed by atoms with Gasteiger partial charge in [0.1, 0.15) is 5.75 Å². The standard InChI is InChI=1S/C17H13N3O2S/c21-14-8-4-2-6-12(14)17-19-15(20-22-17)10-23-16-9-11-5-1-3-7-13(11)18-16/h1-8,21H,9-10H2. The zero-order valence-corrected chi connectivity index (χ0v) is 13.0. The van der Waals surface area contributed by atoms with Crippen molar-refractivity contribution in [1.82, 2.24) is 10.1 Å². The van der Waals surface area contributed by atoms with Crippen LogP contribution in [0.4, 0.5) is 5.69 Å². The Hall–Kier alpha value is -2.60. The molecule has 0 spiro atoms. The summed E-state index contributed by atoms with van der Waals surface area (Å²) in [5, 5.41) is 14.9. The second-order valence-electron chi connectivity index (χ2n) is 5.13. The maximum absolute atomic E-state index is 9.82. The number of benzene rings is 2. The molecule has 0 amide bonds. The van der Waals surface area contributed by atoms with Crippen LogP contribution in [0.2, 0.25) is 0 Å². The molecule has 0 radical (unpaired) electrons. The topological polar surface area (TPSA) is 71.5 Å². The van der Waals surface area contributed by atoms with Gasteiger partial charge >= 0.3 is 0 Å². The van der Waals surface area contributed by atoms with E-state index in [0.717, 1.165) is 17.2 Å². The number of hydrogen-bond acceptors (Lipinski definition) is 6. The zero-order valence-electron chi connectivity index (χ0n) is 12.1. The number of aromatic hydroxyl groups is 1. The van der Waals surface area contributed by atoms with Crippen LogP contribution in [0, 0.1) is 0 Å². The van der Waals surface area contributed by atoms with Gasteiger partial charge < -0.3 is 9.63 Å². The minimum atomic E-state index is 0.131. The predicted octanol–water partition coefficient (Wildman–Crippen LogP) is 3.96. The van der Waals surface area contributed by atoms with E-state index in [1.165, 1.54) is 5.56 Å². The molecule has 0 unspecified atom stereocenters. The molecule has 0 saturated carbocycles. The molecule has 2 aromatic carbocycles. The third kappa shape index (κ3) is 2.85. The molecule has 1 aliphatic heterocycles. The zero-order chi connectivity index (χ0) is 15.6. The molecule has 0 fully saturated rings. The van der Waals surface area contributed by atoms with E-state index in [1.54, 1.807) is 30.0 Å². The fraction of sp³-hybridized carbons (Fsp3) is 0.118. The minimum Gasteiger partial charge on any atom is -0.507 e. The Kier molecular flexibility index (Phi) is 3.59. The molecule has 3 aromatic rings. The number of nitrogens with zero attached hydrogens (tertiary/aromatic N) is 3. The summed E-state index contributed by atoms with van der Waals surface area (Å²) < 4.78 is 5.23. The summed E-state index contributed by atoms with van der Waals surface area (Å²) in [6.07, 6.45) is 0.852. The first kappa shape index (κ1) is 14.0. The van der Waals surface area contributed by atoms with Gasteiger partial charge in [0.15, 0.2) is 5.82 Å². The van der Waals surface area contributed by atoms with E-state index in [4.69, 9.17) is 4.52 Å². The lowest BCUT2D eigenvalue weighted by atomic mass is 10.2. The molecule has 6 heteroatoms. The highest BCUT2D eigenvalue weighted by molar-refractivity contribution is 8.13. The van der Waals surface area contributed by atoms with Gasteiger partial charge in [-0.2, -0.15) is 4.98 Å². The lowest BCUT2D eigenvalue weighted by molar-refractivity contribution is 0.419. The number of para-hydroxylation sites is 2. The van der Waals surface area contributed by atoms with Crippen molar-refractivity contribution in [1.29, 1.82) is 0 Å². The molecule has 4 rings (SSSR count). The van der Waals surface area contributed by atoms with E-state index in [2.05, 4.69) is 21.2 Å². The maximum atomic E-state index is 9.82. The summed E-state index contributed by atoms with van der Waals surface area (Å²) in [4.78, 5) is 8.94. The predicted molar refractivity (Wildman–Crippen MR) is 89.9 cm³/mol. The number of fused-ring (bicyclic) bond motifs is 1. The van der Waals surface area contributed by atoms with E-state index >= 15 is 0 Å². The Morgan fingerprint density at radius 2 is 1.91 bits per heavy atom. The highest BCUT2D eigenvalue weighted by Crippen LogP contribution is 2.31. The van der Waals surface area contributed by atoms with Gasteiger partial charge in [0.25, 0.3) is 5.89 Å². The quantitative estimate of drug-likeness (QED) is 0.790. The van der Waals surface area contributed by atoms with E-state index in [9.17, 15) is 5.11 Å². The average Bonchev–Trinajstić information content (AvgIpc) is 3.19. The molecule has 5 nitrogen and oxygen atoms in total. The molecule has 1 aromatic heterocycles. The molecule has 0 bridgehead atoms. The molecule has 114 valence electrons. The van der Waals surface area contributed by atoms with Crippen LogP contribution in [0.15, 0.2) is 58.0 Å². The van der Waals surface area contributed by atoms with Crippen LogP contribution in [0.25, 0.3) is 11.5 Å². The van der Waals surface area contributed by atoms with Crippen molar-refractivity contribution in [2.45, 2.75) is 12.2 Å². The third-order valence-corrected chi connectivity index (χ3v) is 4.52. The molecule has 0 aliphatic carbocycles. The second kappa shape index (κ2) is 5.89. The SMILES string of the molecule is Oc1ccccc1-c1nc(CSC2=Nc3ccccc3C2)no1. The highest BCUT2D eigenvalue weighted by Gasteiger charge is 2.16. The number of aliphatic imine (C=N–C) groups is 1. The lowest BCUT2D eigenvalue weighted by Crippen LogP contribution is -1.94. The number of rotatable bonds is 3. The monoisotopic (exact) mass is 323 g/mol. The Bertz CT molecular complexity index is 889. The summed E-state index contributed by atoms with van der Waals surface area (Å²) in [7, 11) is 0. The normalized spacial score (nSPS) is 13.0. The fourth-order valence-corrected chi connectivity index (χ4v) is 3.25. The Balaban J connectivity index is 1.45. The van der Waals surface area contributed by atoms with Crippen LogP contribution in [-0.4, -0.2) is 20.3 Å². The summed E-state index contributed by atoms with van der Waals surface area (Å²) in [6, 6.07) is 15.0. The van der Waals surface area contributed by atoms with Crippen LogP contribution < -0.4 is 0 Å². The van der Waals surface area contributed by atoms with Crippen LogP contribution in [0.5, 0.6) is 5.75 Å². The molecule has 0 atom stereocenters. The molecule has 2 heterocycles. The minimum absolute atomic E-state index is 0.131. The summed E-state index contributed by atoms with van der Waals surface area (Å²) in [5.41, 5.74) is 2.83. The molecule has 0 saturated heterocycles. The average molecular weight is 323 g/mol. The maximum Gasteiger partial charge on any atom is 0.261 e. The van der Waals surface area contributed by atoms with Gasteiger partial charge in [0.05, 0.1) is 22.0 Å². The van der Waals surface area contributed by atoms with E-state index in [1.807, 2.05) is 24.3 Å². The van der Waals surface area contributed by atoms with Crippen LogP contribution in [0.3, 0.4) is 0 Å². The van der Waals surface area contributed by atoms with Crippen molar-refractivity contribution >= 4 is 22.5 Å². The van der Waals surface area contributed by atoms with Gasteiger partial charge in [0.2, 0.25) is 0 Å². The number of hydrogen-bond donors (Lipinski definition) is 1. The van der Waals surface area contributed by atoms with E-state index in [-0.39, 0.29) is 5.75 Å². The van der Waals surface area contributed by atoms with Crippen molar-refractivity contribution in [3.8, 4) is 17.2 Å². The van der Waals surface area contributed by atoms with Crippen molar-refractivity contribution in [3.05, 3.63) is 59.9 Å². The van der Waals surface area contributed by atoms with Gasteiger partial charge in [-0.05, 0) is 23.8 Å². The van der Waals surface area contributed by atoms with Crippen LogP contribution in [-0.2, 0) is 12.2 Å². The molecular formula is C17H13N3O2S. The summed E-state index contributed by atoms with van der Waals surface area (Å²) >= 11 is 1.61. The van der Waals surface area contributed by atoms with Crippen LogP contribution >= 0.6 is 11.8 Å². The number of thioether (sulfide) groups is 1.